The molecule has 1 heterocycles. The van der Waals surface area contributed by atoms with Crippen molar-refractivity contribution in [3.8, 4) is 0 Å². The van der Waals surface area contributed by atoms with Gasteiger partial charge in [0.15, 0.2) is 0 Å². The Bertz CT molecular complexity index is 412. The van der Waals surface area contributed by atoms with Crippen LogP contribution in [0.3, 0.4) is 0 Å². The first-order valence-corrected chi connectivity index (χ1v) is 6.40. The van der Waals surface area contributed by atoms with Gasteiger partial charge in [-0.15, -0.1) is 0 Å². The van der Waals surface area contributed by atoms with E-state index in [2.05, 4.69) is 17.6 Å². The Hall–Kier alpha value is -1.42. The normalized spacial score (nSPS) is 21.4. The first kappa shape index (κ1) is 13.0. The zero-order chi connectivity index (χ0) is 13.0. The lowest BCUT2D eigenvalue weighted by Gasteiger charge is -2.27. The number of amides is 1. The summed E-state index contributed by atoms with van der Waals surface area (Å²) < 4.78 is 13.1. The lowest BCUT2D eigenvalue weighted by atomic mass is 10.0. The van der Waals surface area contributed by atoms with Gasteiger partial charge >= 0.3 is 0 Å². The molecular weight excluding hydrogens is 231 g/mol. The Morgan fingerprint density at radius 2 is 2.39 bits per heavy atom. The average Bonchev–Trinajstić information content (AvgIpc) is 2.32. The van der Waals surface area contributed by atoms with Crippen LogP contribution in [-0.2, 0) is 11.2 Å². The molecule has 0 bridgehead atoms. The molecule has 0 aromatic heterocycles. The second kappa shape index (κ2) is 5.96. The summed E-state index contributed by atoms with van der Waals surface area (Å²) in [5, 5.41) is 6.32. The average molecular weight is 250 g/mol. The smallest absolute Gasteiger partial charge is 0.220 e. The van der Waals surface area contributed by atoms with Gasteiger partial charge in [-0.05, 0) is 37.5 Å². The Morgan fingerprint density at radius 3 is 3.06 bits per heavy atom. The highest BCUT2D eigenvalue weighted by Crippen LogP contribution is 2.09. The summed E-state index contributed by atoms with van der Waals surface area (Å²) in [5.41, 5.74) is 0.995. The molecule has 0 spiro atoms. The molecule has 98 valence electrons. The van der Waals surface area contributed by atoms with Crippen molar-refractivity contribution < 1.29 is 9.18 Å². The van der Waals surface area contributed by atoms with E-state index < -0.39 is 0 Å². The molecule has 1 aliphatic heterocycles. The topological polar surface area (TPSA) is 41.1 Å². The van der Waals surface area contributed by atoms with E-state index in [1.165, 1.54) is 6.07 Å². The van der Waals surface area contributed by atoms with E-state index in [0.717, 1.165) is 18.4 Å². The van der Waals surface area contributed by atoms with Gasteiger partial charge in [0, 0.05) is 25.0 Å². The van der Waals surface area contributed by atoms with Crippen molar-refractivity contribution in [1.29, 1.82) is 0 Å². The van der Waals surface area contributed by atoms with E-state index in [1.54, 1.807) is 12.1 Å². The molecule has 0 saturated carbocycles. The van der Waals surface area contributed by atoms with E-state index in [-0.39, 0.29) is 17.8 Å². The molecule has 3 nitrogen and oxygen atoms in total. The highest BCUT2D eigenvalue weighted by molar-refractivity contribution is 5.76. The number of carbonyl (C=O) groups is 1. The van der Waals surface area contributed by atoms with Crippen molar-refractivity contribution >= 4 is 5.91 Å². The summed E-state index contributed by atoms with van der Waals surface area (Å²) in [6.45, 7) is 2.77. The summed E-state index contributed by atoms with van der Waals surface area (Å²) >= 11 is 0. The van der Waals surface area contributed by atoms with Crippen LogP contribution in [0.2, 0.25) is 0 Å². The maximum atomic E-state index is 13.1. The number of benzene rings is 1. The Labute approximate surface area is 107 Å². The molecule has 1 amide bonds. The molecule has 2 unspecified atom stereocenters. The summed E-state index contributed by atoms with van der Waals surface area (Å²) in [4.78, 5) is 11.0. The molecule has 0 aliphatic carbocycles. The van der Waals surface area contributed by atoms with Crippen LogP contribution in [-0.4, -0.2) is 24.5 Å². The third-order valence-electron chi connectivity index (χ3n) is 3.22. The van der Waals surface area contributed by atoms with E-state index in [9.17, 15) is 9.18 Å². The summed E-state index contributed by atoms with van der Waals surface area (Å²) in [5.74, 6) is -0.0598. The number of carbonyl (C=O) groups excluding carboxylic acids is 1. The van der Waals surface area contributed by atoms with Gasteiger partial charge in [0.05, 0.1) is 0 Å². The minimum Gasteiger partial charge on any atom is -0.355 e. The fourth-order valence-corrected chi connectivity index (χ4v) is 2.35. The monoisotopic (exact) mass is 250 g/mol. The van der Waals surface area contributed by atoms with E-state index in [0.29, 0.717) is 19.0 Å². The van der Waals surface area contributed by atoms with Crippen LogP contribution in [0.5, 0.6) is 0 Å². The zero-order valence-electron chi connectivity index (χ0n) is 10.6. The molecule has 4 heteroatoms. The lowest BCUT2D eigenvalue weighted by molar-refractivity contribution is -0.122. The molecule has 0 radical (unpaired) electrons. The molecular formula is C14H19FN2O. The van der Waals surface area contributed by atoms with Gasteiger partial charge < -0.3 is 10.6 Å². The van der Waals surface area contributed by atoms with Crippen molar-refractivity contribution in [2.75, 3.05) is 6.54 Å². The van der Waals surface area contributed by atoms with Crippen LogP contribution < -0.4 is 10.6 Å². The molecule has 1 aromatic rings. The van der Waals surface area contributed by atoms with Crippen LogP contribution in [0.4, 0.5) is 4.39 Å². The highest BCUT2D eigenvalue weighted by Gasteiger charge is 2.19. The van der Waals surface area contributed by atoms with Crippen LogP contribution in [0.15, 0.2) is 24.3 Å². The van der Waals surface area contributed by atoms with Crippen molar-refractivity contribution in [3.63, 3.8) is 0 Å². The maximum Gasteiger partial charge on any atom is 0.220 e. The van der Waals surface area contributed by atoms with Gasteiger partial charge in [-0.25, -0.2) is 4.39 Å². The van der Waals surface area contributed by atoms with Crippen LogP contribution in [0.25, 0.3) is 0 Å². The van der Waals surface area contributed by atoms with Gasteiger partial charge in [0.1, 0.15) is 5.82 Å². The van der Waals surface area contributed by atoms with E-state index >= 15 is 0 Å². The van der Waals surface area contributed by atoms with Gasteiger partial charge in [-0.3, -0.25) is 4.79 Å². The molecule has 18 heavy (non-hydrogen) atoms. The van der Waals surface area contributed by atoms with E-state index in [4.69, 9.17) is 0 Å². The summed E-state index contributed by atoms with van der Waals surface area (Å²) in [7, 11) is 0. The second-order valence-electron chi connectivity index (χ2n) is 4.94. The lowest BCUT2D eigenvalue weighted by Crippen LogP contribution is -2.48. The predicted molar refractivity (Wildman–Crippen MR) is 68.7 cm³/mol. The van der Waals surface area contributed by atoms with Crippen LogP contribution in [0, 0.1) is 5.82 Å². The number of piperidine rings is 1. The van der Waals surface area contributed by atoms with Crippen molar-refractivity contribution in [3.05, 3.63) is 35.6 Å². The van der Waals surface area contributed by atoms with Crippen LogP contribution in [0.1, 0.15) is 25.3 Å². The molecule has 1 fully saturated rings. The summed E-state index contributed by atoms with van der Waals surface area (Å²) in [6, 6.07) is 7.29. The molecule has 1 saturated heterocycles. The largest absolute Gasteiger partial charge is 0.355 e. The molecule has 1 aromatic carbocycles. The van der Waals surface area contributed by atoms with E-state index in [1.807, 2.05) is 6.07 Å². The number of hydrogen-bond acceptors (Lipinski definition) is 2. The fraction of sp³-hybridized carbons (Fsp3) is 0.500. The quantitative estimate of drug-likeness (QED) is 0.852. The highest BCUT2D eigenvalue weighted by atomic mass is 19.1. The zero-order valence-corrected chi connectivity index (χ0v) is 10.6. The third-order valence-corrected chi connectivity index (χ3v) is 3.22. The number of hydrogen-bond donors (Lipinski definition) is 2. The van der Waals surface area contributed by atoms with Gasteiger partial charge in [0.2, 0.25) is 5.91 Å². The Balaban J connectivity index is 1.81. The molecule has 1 aliphatic rings. The van der Waals surface area contributed by atoms with Crippen molar-refractivity contribution in [2.45, 2.75) is 38.3 Å². The minimum absolute atomic E-state index is 0.130. The number of rotatable bonds is 4. The van der Waals surface area contributed by atoms with Crippen molar-refractivity contribution in [2.24, 2.45) is 0 Å². The molecule has 2 N–H and O–H groups in total. The van der Waals surface area contributed by atoms with Gasteiger partial charge in [-0.1, -0.05) is 12.1 Å². The maximum absolute atomic E-state index is 13.1. The van der Waals surface area contributed by atoms with Crippen molar-refractivity contribution in [1.82, 2.24) is 10.6 Å². The Kier molecular flexibility index (Phi) is 4.31. The second-order valence-corrected chi connectivity index (χ2v) is 4.94. The number of halogens is 1. The van der Waals surface area contributed by atoms with Crippen LogP contribution >= 0.6 is 0 Å². The SMILES string of the molecule is CC(Cc1cccc(F)c1)NC1CCC(=O)NC1. The van der Waals surface area contributed by atoms with Gasteiger partial charge in [-0.2, -0.15) is 0 Å². The first-order valence-electron chi connectivity index (χ1n) is 6.40. The standard InChI is InChI=1S/C14H19FN2O/c1-10(7-11-3-2-4-12(15)8-11)17-13-5-6-14(18)16-9-13/h2-4,8,10,13,17H,5-7,9H2,1H3,(H,16,18). The first-order chi connectivity index (χ1) is 8.63. The Morgan fingerprint density at radius 1 is 1.56 bits per heavy atom. The molecule has 2 rings (SSSR count). The minimum atomic E-state index is -0.190. The number of nitrogens with one attached hydrogen (secondary N) is 2. The predicted octanol–water partition coefficient (Wildman–Crippen LogP) is 1.62. The summed E-state index contributed by atoms with van der Waals surface area (Å²) in [6.07, 6.45) is 2.26. The van der Waals surface area contributed by atoms with Gasteiger partial charge in [0.25, 0.3) is 0 Å². The fourth-order valence-electron chi connectivity index (χ4n) is 2.35. The third kappa shape index (κ3) is 3.81. The molecule has 2 atom stereocenters.